The fourth-order valence-electron chi connectivity index (χ4n) is 2.48. The standard InChI is InChI=1S/C19H25P/c1-14(2)15-10-6-7-11-16(15)17-12-8-9-13-18(17)20-19(3,4)5/h6-14,20H,1-5H3. The molecule has 0 aliphatic heterocycles. The Balaban J connectivity index is 2.54. The van der Waals surface area contributed by atoms with E-state index in [0.717, 1.165) is 8.58 Å². The minimum absolute atomic E-state index is 0.336. The molecule has 0 aliphatic carbocycles. The van der Waals surface area contributed by atoms with Gasteiger partial charge in [-0.1, -0.05) is 91.7 Å². The molecule has 0 N–H and O–H groups in total. The maximum Gasteiger partial charge on any atom is -0.0107 e. The van der Waals surface area contributed by atoms with E-state index in [2.05, 4.69) is 83.1 Å². The number of hydrogen-bond acceptors (Lipinski definition) is 0. The Morgan fingerprint density at radius 2 is 1.35 bits per heavy atom. The lowest BCUT2D eigenvalue weighted by Crippen LogP contribution is -2.13. The molecule has 0 spiro atoms. The fraction of sp³-hybridized carbons (Fsp3) is 0.368. The van der Waals surface area contributed by atoms with E-state index >= 15 is 0 Å². The zero-order chi connectivity index (χ0) is 14.8. The van der Waals surface area contributed by atoms with Crippen LogP contribution in [0, 0.1) is 0 Å². The summed E-state index contributed by atoms with van der Waals surface area (Å²) in [7, 11) is 0.828. The first-order chi connectivity index (χ1) is 9.38. The van der Waals surface area contributed by atoms with Gasteiger partial charge in [-0.3, -0.25) is 0 Å². The second-order valence-electron chi connectivity index (χ2n) is 6.66. The molecule has 0 amide bonds. The maximum absolute atomic E-state index is 2.32. The highest BCUT2D eigenvalue weighted by Crippen LogP contribution is 2.35. The van der Waals surface area contributed by atoms with Gasteiger partial charge >= 0.3 is 0 Å². The van der Waals surface area contributed by atoms with Crippen LogP contribution < -0.4 is 5.30 Å². The molecule has 0 radical (unpaired) electrons. The van der Waals surface area contributed by atoms with Crippen LogP contribution in [0.1, 0.15) is 46.1 Å². The van der Waals surface area contributed by atoms with Gasteiger partial charge in [-0.15, -0.1) is 0 Å². The van der Waals surface area contributed by atoms with Crippen LogP contribution in [-0.4, -0.2) is 5.16 Å². The lowest BCUT2D eigenvalue weighted by molar-refractivity contribution is 0.799. The largest absolute Gasteiger partial charge is 0.0842 e. The van der Waals surface area contributed by atoms with Gasteiger partial charge in [0.1, 0.15) is 0 Å². The van der Waals surface area contributed by atoms with E-state index in [0.29, 0.717) is 11.1 Å². The summed E-state index contributed by atoms with van der Waals surface area (Å²) in [5, 5.41) is 1.82. The first kappa shape index (κ1) is 15.3. The molecule has 20 heavy (non-hydrogen) atoms. The van der Waals surface area contributed by atoms with Gasteiger partial charge in [-0.05, 0) is 33.1 Å². The zero-order valence-corrected chi connectivity index (χ0v) is 14.2. The van der Waals surface area contributed by atoms with Gasteiger partial charge < -0.3 is 0 Å². The summed E-state index contributed by atoms with van der Waals surface area (Å²) in [6.45, 7) is 11.5. The van der Waals surface area contributed by atoms with Crippen LogP contribution in [0.3, 0.4) is 0 Å². The van der Waals surface area contributed by atoms with Crippen molar-refractivity contribution in [1.29, 1.82) is 0 Å². The molecule has 1 heteroatoms. The molecule has 0 aliphatic rings. The summed E-state index contributed by atoms with van der Waals surface area (Å²) >= 11 is 0. The second kappa shape index (κ2) is 6.10. The lowest BCUT2D eigenvalue weighted by Gasteiger charge is -2.22. The summed E-state index contributed by atoms with van der Waals surface area (Å²) in [4.78, 5) is 0. The Morgan fingerprint density at radius 3 is 1.95 bits per heavy atom. The Hall–Kier alpha value is -1.13. The maximum atomic E-state index is 2.32. The molecular formula is C19H25P. The minimum atomic E-state index is 0.336. The van der Waals surface area contributed by atoms with Crippen LogP contribution in [-0.2, 0) is 0 Å². The predicted octanol–water partition coefficient (Wildman–Crippen LogP) is 5.58. The molecule has 0 fully saturated rings. The summed E-state index contributed by atoms with van der Waals surface area (Å²) in [5.74, 6) is 0.553. The molecule has 2 aromatic rings. The average molecular weight is 284 g/mol. The van der Waals surface area contributed by atoms with E-state index in [1.165, 1.54) is 22.0 Å². The molecule has 0 nitrogen and oxygen atoms in total. The molecule has 0 saturated carbocycles. The smallest absolute Gasteiger partial charge is 0.0107 e. The van der Waals surface area contributed by atoms with Crippen LogP contribution in [0.15, 0.2) is 48.5 Å². The molecule has 106 valence electrons. The molecule has 0 heterocycles. The third-order valence-electron chi connectivity index (χ3n) is 3.31. The van der Waals surface area contributed by atoms with Crippen molar-refractivity contribution >= 4 is 13.9 Å². The van der Waals surface area contributed by atoms with Crippen molar-refractivity contribution in [3.63, 3.8) is 0 Å². The molecule has 2 aromatic carbocycles. The Morgan fingerprint density at radius 1 is 0.800 bits per heavy atom. The molecule has 0 bridgehead atoms. The highest BCUT2D eigenvalue weighted by molar-refractivity contribution is 7.49. The summed E-state index contributed by atoms with van der Waals surface area (Å²) in [6.07, 6.45) is 0. The van der Waals surface area contributed by atoms with Crippen LogP contribution in [0.25, 0.3) is 11.1 Å². The highest BCUT2D eigenvalue weighted by Gasteiger charge is 2.16. The van der Waals surface area contributed by atoms with E-state index in [9.17, 15) is 0 Å². The van der Waals surface area contributed by atoms with E-state index in [4.69, 9.17) is 0 Å². The number of benzene rings is 2. The van der Waals surface area contributed by atoms with Crippen LogP contribution in [0.5, 0.6) is 0 Å². The molecule has 0 saturated heterocycles. The Kier molecular flexibility index (Phi) is 4.66. The van der Waals surface area contributed by atoms with Crippen LogP contribution >= 0.6 is 8.58 Å². The molecule has 1 atom stereocenters. The van der Waals surface area contributed by atoms with Crippen molar-refractivity contribution in [2.24, 2.45) is 0 Å². The van der Waals surface area contributed by atoms with Crippen LogP contribution in [0.2, 0.25) is 0 Å². The van der Waals surface area contributed by atoms with Gasteiger partial charge in [-0.25, -0.2) is 0 Å². The zero-order valence-electron chi connectivity index (χ0n) is 13.2. The lowest BCUT2D eigenvalue weighted by atomic mass is 9.93. The predicted molar refractivity (Wildman–Crippen MR) is 93.7 cm³/mol. The van der Waals surface area contributed by atoms with Gasteiger partial charge in [0.15, 0.2) is 0 Å². The van der Waals surface area contributed by atoms with Gasteiger partial charge in [0.25, 0.3) is 0 Å². The quantitative estimate of drug-likeness (QED) is 0.645. The summed E-state index contributed by atoms with van der Waals surface area (Å²) < 4.78 is 0. The average Bonchev–Trinajstić information content (AvgIpc) is 2.37. The third kappa shape index (κ3) is 3.70. The molecule has 0 aromatic heterocycles. The monoisotopic (exact) mass is 284 g/mol. The van der Waals surface area contributed by atoms with Crippen LogP contribution in [0.4, 0.5) is 0 Å². The van der Waals surface area contributed by atoms with Crippen molar-refractivity contribution in [2.45, 2.75) is 45.7 Å². The topological polar surface area (TPSA) is 0 Å². The van der Waals surface area contributed by atoms with Gasteiger partial charge in [0, 0.05) is 0 Å². The first-order valence-corrected chi connectivity index (χ1v) is 8.35. The normalized spacial score (nSPS) is 12.5. The molecular weight excluding hydrogens is 259 g/mol. The van der Waals surface area contributed by atoms with Crippen molar-refractivity contribution in [3.8, 4) is 11.1 Å². The van der Waals surface area contributed by atoms with Crippen molar-refractivity contribution in [1.82, 2.24) is 0 Å². The molecule has 2 rings (SSSR count). The fourth-order valence-corrected chi connectivity index (χ4v) is 3.82. The van der Waals surface area contributed by atoms with E-state index < -0.39 is 0 Å². The van der Waals surface area contributed by atoms with E-state index in [-0.39, 0.29) is 0 Å². The Labute approximate surface area is 125 Å². The van der Waals surface area contributed by atoms with Crippen molar-refractivity contribution in [3.05, 3.63) is 54.1 Å². The highest BCUT2D eigenvalue weighted by atomic mass is 31.1. The SMILES string of the molecule is CC(C)c1ccccc1-c1ccccc1PC(C)(C)C. The molecule has 1 unspecified atom stereocenters. The number of hydrogen-bond donors (Lipinski definition) is 0. The first-order valence-electron chi connectivity index (χ1n) is 7.35. The van der Waals surface area contributed by atoms with Crippen molar-refractivity contribution in [2.75, 3.05) is 0 Å². The van der Waals surface area contributed by atoms with Gasteiger partial charge in [0.2, 0.25) is 0 Å². The minimum Gasteiger partial charge on any atom is -0.0842 e. The van der Waals surface area contributed by atoms with Gasteiger partial charge in [0.05, 0.1) is 0 Å². The summed E-state index contributed by atoms with van der Waals surface area (Å²) in [5.41, 5.74) is 4.25. The van der Waals surface area contributed by atoms with Gasteiger partial charge in [-0.2, -0.15) is 0 Å². The number of rotatable bonds is 3. The second-order valence-corrected chi connectivity index (χ2v) is 8.95. The Bertz CT molecular complexity index is 576. The van der Waals surface area contributed by atoms with E-state index in [1.807, 2.05) is 0 Å². The third-order valence-corrected chi connectivity index (χ3v) is 4.77. The van der Waals surface area contributed by atoms with E-state index in [1.54, 1.807) is 0 Å². The summed E-state index contributed by atoms with van der Waals surface area (Å²) in [6, 6.07) is 17.7. The van der Waals surface area contributed by atoms with Crippen molar-refractivity contribution < 1.29 is 0 Å².